The molecule has 5 rings (SSSR count). The van der Waals surface area contributed by atoms with Crippen LogP contribution < -0.4 is 0 Å². The molecule has 5 aromatic carbocycles. The van der Waals surface area contributed by atoms with Crippen LogP contribution in [0.25, 0.3) is 44.2 Å². The average molecular weight is 515 g/mol. The first-order valence-electron chi connectivity index (χ1n) is 12.1. The van der Waals surface area contributed by atoms with Gasteiger partial charge in [0.05, 0.1) is 0 Å². The van der Waals surface area contributed by atoms with Crippen molar-refractivity contribution in [1.29, 1.82) is 0 Å². The Bertz CT molecular complexity index is 1610. The van der Waals surface area contributed by atoms with Crippen LogP contribution >= 0.6 is 0 Å². The summed E-state index contributed by atoms with van der Waals surface area (Å²) in [5.74, 6) is -3.27. The van der Waals surface area contributed by atoms with Crippen LogP contribution in [0.4, 0.5) is 22.0 Å². The van der Waals surface area contributed by atoms with Crippen molar-refractivity contribution in [3.63, 3.8) is 0 Å². The van der Waals surface area contributed by atoms with Crippen LogP contribution in [-0.4, -0.2) is 0 Å². The smallest absolute Gasteiger partial charge is 0.206 e. The van der Waals surface area contributed by atoms with E-state index in [4.69, 9.17) is 0 Å². The molecule has 5 heteroatoms. The molecule has 0 bridgehead atoms. The number of rotatable bonds is 6. The number of fused-ring (bicyclic) bond motifs is 1. The molecule has 0 amide bonds. The van der Waals surface area contributed by atoms with E-state index in [1.165, 1.54) is 5.56 Å². The maximum absolute atomic E-state index is 14.3. The van der Waals surface area contributed by atoms with E-state index >= 15 is 0 Å². The molecule has 0 aliphatic heterocycles. The minimum atomic E-state index is -5.11. The summed E-state index contributed by atoms with van der Waals surface area (Å²) in [6.07, 6.45) is -1.31. The minimum absolute atomic E-state index is 0.0367. The lowest BCUT2D eigenvalue weighted by atomic mass is 9.92. The Kier molecular flexibility index (Phi) is 6.85. The molecule has 0 aliphatic carbocycles. The number of hydrogen-bond donors (Lipinski definition) is 0. The third-order valence-corrected chi connectivity index (χ3v) is 6.63. The Morgan fingerprint density at radius 1 is 0.605 bits per heavy atom. The third kappa shape index (κ3) is 5.10. The molecule has 38 heavy (non-hydrogen) atoms. The molecule has 0 spiro atoms. The third-order valence-electron chi connectivity index (χ3n) is 6.63. The van der Waals surface area contributed by atoms with E-state index < -0.39 is 23.4 Å². The maximum Gasteiger partial charge on any atom is 0.422 e. The van der Waals surface area contributed by atoms with E-state index in [0.717, 1.165) is 52.4 Å². The first-order chi connectivity index (χ1) is 18.2. The van der Waals surface area contributed by atoms with E-state index in [1.807, 2.05) is 30.3 Å². The van der Waals surface area contributed by atoms with Gasteiger partial charge in [0, 0.05) is 0 Å². The molecule has 0 nitrogen and oxygen atoms in total. The van der Waals surface area contributed by atoms with Crippen molar-refractivity contribution in [3.8, 4) is 33.4 Å². The summed E-state index contributed by atoms with van der Waals surface area (Å²) >= 11 is 0. The summed E-state index contributed by atoms with van der Waals surface area (Å²) in [5.41, 5.74) is 3.33. The average Bonchev–Trinajstić information content (AvgIpc) is 2.90. The maximum atomic E-state index is 14.3. The van der Waals surface area contributed by atoms with Crippen molar-refractivity contribution in [3.05, 3.63) is 132 Å². The molecule has 0 atom stereocenters. The number of allylic oxidation sites excluding steroid dienone is 1. The monoisotopic (exact) mass is 514 g/mol. The first-order valence-corrected chi connectivity index (χ1v) is 12.1. The number of aryl methyl sites for hydroxylation is 1. The van der Waals surface area contributed by atoms with Gasteiger partial charge in [-0.2, -0.15) is 13.2 Å². The molecule has 0 aromatic heterocycles. The first kappa shape index (κ1) is 25.4. The van der Waals surface area contributed by atoms with Gasteiger partial charge in [0.25, 0.3) is 0 Å². The van der Waals surface area contributed by atoms with Gasteiger partial charge >= 0.3 is 6.18 Å². The Labute approximate surface area is 217 Å². The number of halogens is 5. The highest BCUT2D eigenvalue weighted by Crippen LogP contribution is 2.39. The topological polar surface area (TPSA) is 0 Å². The van der Waals surface area contributed by atoms with Gasteiger partial charge in [-0.05, 0) is 80.8 Å². The van der Waals surface area contributed by atoms with Crippen LogP contribution in [0.5, 0.6) is 0 Å². The van der Waals surface area contributed by atoms with Crippen LogP contribution in [0.2, 0.25) is 0 Å². The lowest BCUT2D eigenvalue weighted by Gasteiger charge is -2.14. The van der Waals surface area contributed by atoms with Crippen LogP contribution in [0.15, 0.2) is 110 Å². The van der Waals surface area contributed by atoms with Crippen molar-refractivity contribution >= 4 is 10.8 Å². The van der Waals surface area contributed by atoms with E-state index in [0.29, 0.717) is 11.1 Å². The van der Waals surface area contributed by atoms with E-state index in [1.54, 1.807) is 24.3 Å². The highest BCUT2D eigenvalue weighted by atomic mass is 19.4. The van der Waals surface area contributed by atoms with Gasteiger partial charge in [0.15, 0.2) is 0 Å². The van der Waals surface area contributed by atoms with Crippen LogP contribution in [-0.2, 0) is 12.6 Å². The Morgan fingerprint density at radius 3 is 1.79 bits per heavy atom. The normalized spacial score (nSPS) is 11.6. The molecule has 0 unspecified atom stereocenters. The molecular weight excluding hydrogens is 491 g/mol. The van der Waals surface area contributed by atoms with Crippen molar-refractivity contribution in [2.75, 3.05) is 0 Å². The lowest BCUT2D eigenvalue weighted by Crippen LogP contribution is -2.11. The molecule has 0 aliphatic rings. The summed E-state index contributed by atoms with van der Waals surface area (Å²) < 4.78 is 67.7. The quantitative estimate of drug-likeness (QED) is 0.156. The van der Waals surface area contributed by atoms with E-state index in [-0.39, 0.29) is 5.56 Å². The van der Waals surface area contributed by atoms with Crippen LogP contribution in [0.3, 0.4) is 0 Å². The van der Waals surface area contributed by atoms with Gasteiger partial charge in [0.1, 0.15) is 17.2 Å². The highest BCUT2D eigenvalue weighted by molar-refractivity contribution is 5.89. The van der Waals surface area contributed by atoms with E-state index in [2.05, 4.69) is 43.0 Å². The molecule has 0 N–H and O–H groups in total. The van der Waals surface area contributed by atoms with Crippen molar-refractivity contribution in [2.24, 2.45) is 0 Å². The Balaban J connectivity index is 1.47. The molecule has 0 fully saturated rings. The number of benzene rings is 5. The number of hydrogen-bond acceptors (Lipinski definition) is 0. The predicted octanol–water partition coefficient (Wildman–Crippen LogP) is 10.3. The van der Waals surface area contributed by atoms with Crippen LogP contribution in [0.1, 0.15) is 17.5 Å². The van der Waals surface area contributed by atoms with E-state index in [9.17, 15) is 22.0 Å². The number of alkyl halides is 3. The van der Waals surface area contributed by atoms with Gasteiger partial charge < -0.3 is 0 Å². The largest absolute Gasteiger partial charge is 0.422 e. The van der Waals surface area contributed by atoms with Crippen molar-refractivity contribution < 1.29 is 22.0 Å². The Morgan fingerprint density at radius 2 is 1.16 bits per heavy atom. The van der Waals surface area contributed by atoms with Gasteiger partial charge in [-0.25, -0.2) is 8.78 Å². The minimum Gasteiger partial charge on any atom is -0.206 e. The fourth-order valence-electron chi connectivity index (χ4n) is 4.73. The van der Waals surface area contributed by atoms with Crippen LogP contribution in [0, 0.1) is 11.6 Å². The zero-order valence-corrected chi connectivity index (χ0v) is 20.3. The summed E-state index contributed by atoms with van der Waals surface area (Å²) in [7, 11) is 0. The zero-order valence-electron chi connectivity index (χ0n) is 20.3. The molecule has 190 valence electrons. The van der Waals surface area contributed by atoms with Gasteiger partial charge in [-0.15, -0.1) is 6.58 Å². The highest BCUT2D eigenvalue weighted by Gasteiger charge is 2.38. The standard InChI is InChI=1S/C33H23F5/c1-2-3-6-21-9-10-26-18-25(16-15-24(26)17-21)22-11-13-23(14-12-22)28-7-4-5-8-29(28)27-19-30(34)32(31(35)20-27)33(36,37)38/h2,4-5,7-20H,1,3,6H2. The molecule has 0 heterocycles. The molecule has 0 saturated heterocycles. The fraction of sp³-hybridized carbons (Fsp3) is 0.0909. The summed E-state index contributed by atoms with van der Waals surface area (Å²) in [5, 5.41) is 2.29. The summed E-state index contributed by atoms with van der Waals surface area (Å²) in [4.78, 5) is 0. The van der Waals surface area contributed by atoms with Crippen molar-refractivity contribution in [1.82, 2.24) is 0 Å². The molecule has 0 radical (unpaired) electrons. The van der Waals surface area contributed by atoms with Gasteiger partial charge in [-0.3, -0.25) is 0 Å². The second kappa shape index (κ2) is 10.3. The summed E-state index contributed by atoms with van der Waals surface area (Å²) in [6.45, 7) is 3.78. The zero-order chi connectivity index (χ0) is 26.9. The fourth-order valence-corrected chi connectivity index (χ4v) is 4.73. The summed E-state index contributed by atoms with van der Waals surface area (Å²) in [6, 6.07) is 28.8. The van der Waals surface area contributed by atoms with Gasteiger partial charge in [0.2, 0.25) is 0 Å². The second-order valence-electron chi connectivity index (χ2n) is 9.16. The molecular formula is C33H23F5. The SMILES string of the molecule is C=CCCc1ccc2cc(-c3ccc(-c4ccccc4-c4cc(F)c(C(F)(F)F)c(F)c4)cc3)ccc2c1. The lowest BCUT2D eigenvalue weighted by molar-refractivity contribution is -0.142. The van der Waals surface area contributed by atoms with Crippen molar-refractivity contribution in [2.45, 2.75) is 19.0 Å². The van der Waals surface area contributed by atoms with Gasteiger partial charge in [-0.1, -0.05) is 84.9 Å². The second-order valence-corrected chi connectivity index (χ2v) is 9.16. The molecule has 5 aromatic rings. The molecule has 0 saturated carbocycles. The Hall–Kier alpha value is -4.25. The predicted molar refractivity (Wildman–Crippen MR) is 144 cm³/mol.